The van der Waals surface area contributed by atoms with Gasteiger partial charge < -0.3 is 14.8 Å². The minimum Gasteiger partial charge on any atom is -0.486 e. The number of benzene rings is 1. The molecule has 1 unspecified atom stereocenters. The smallest absolute Gasteiger partial charge is 0.282 e. The Kier molecular flexibility index (Phi) is 4.33. The monoisotopic (exact) mass is 359 g/mol. The van der Waals surface area contributed by atoms with Gasteiger partial charge in [-0.1, -0.05) is 31.3 Å². The van der Waals surface area contributed by atoms with Gasteiger partial charge in [0.2, 0.25) is 5.01 Å². The number of hydrogen-bond donors (Lipinski definition) is 1. The molecule has 0 spiro atoms. The SMILES string of the molecule is CC(C)c1nnc(C(=O)NC(c2ccc3c(c2)OCCO3)C2CC2)s1. The second kappa shape index (κ2) is 6.63. The molecular formula is C18H21N3O3S. The van der Waals surface area contributed by atoms with E-state index in [0.29, 0.717) is 24.1 Å². The highest BCUT2D eigenvalue weighted by Gasteiger charge is 2.35. The van der Waals surface area contributed by atoms with Crippen molar-refractivity contribution in [3.05, 3.63) is 33.8 Å². The summed E-state index contributed by atoms with van der Waals surface area (Å²) in [4.78, 5) is 12.6. The van der Waals surface area contributed by atoms with Gasteiger partial charge >= 0.3 is 0 Å². The summed E-state index contributed by atoms with van der Waals surface area (Å²) in [5, 5.41) is 12.6. The molecule has 2 aliphatic rings. The van der Waals surface area contributed by atoms with Crippen molar-refractivity contribution in [3.63, 3.8) is 0 Å². The minimum atomic E-state index is -0.156. The van der Waals surface area contributed by atoms with Crippen LogP contribution in [0.4, 0.5) is 0 Å². The number of carbonyl (C=O) groups excluding carboxylic acids is 1. The lowest BCUT2D eigenvalue weighted by molar-refractivity contribution is 0.0930. The normalized spacial score (nSPS) is 17.4. The number of aromatic nitrogens is 2. The molecule has 1 aliphatic heterocycles. The maximum absolute atomic E-state index is 12.6. The van der Waals surface area contributed by atoms with E-state index in [2.05, 4.69) is 15.5 Å². The third-order valence-corrected chi connectivity index (χ3v) is 5.66. The summed E-state index contributed by atoms with van der Waals surface area (Å²) in [6, 6.07) is 5.89. The number of rotatable bonds is 5. The van der Waals surface area contributed by atoms with Crippen molar-refractivity contribution < 1.29 is 14.3 Å². The first-order valence-corrected chi connectivity index (χ1v) is 9.47. The van der Waals surface area contributed by atoms with Crippen molar-refractivity contribution >= 4 is 17.2 Å². The molecule has 132 valence electrons. The zero-order chi connectivity index (χ0) is 17.4. The third-order valence-electron chi connectivity index (χ3n) is 4.43. The van der Waals surface area contributed by atoms with Crippen LogP contribution in [0.2, 0.25) is 0 Å². The largest absolute Gasteiger partial charge is 0.486 e. The Morgan fingerprint density at radius 3 is 2.64 bits per heavy atom. The summed E-state index contributed by atoms with van der Waals surface area (Å²) >= 11 is 1.36. The predicted molar refractivity (Wildman–Crippen MR) is 94.4 cm³/mol. The Labute approximate surface area is 150 Å². The summed E-state index contributed by atoms with van der Waals surface area (Å²) in [6.07, 6.45) is 2.24. The van der Waals surface area contributed by atoms with Gasteiger partial charge in [-0.3, -0.25) is 4.79 Å². The molecule has 7 heteroatoms. The van der Waals surface area contributed by atoms with Crippen LogP contribution in [0.1, 0.15) is 59.0 Å². The molecule has 0 saturated heterocycles. The van der Waals surface area contributed by atoms with Crippen LogP contribution in [-0.2, 0) is 0 Å². The Balaban J connectivity index is 1.54. The molecule has 6 nitrogen and oxygen atoms in total. The van der Waals surface area contributed by atoms with Gasteiger partial charge in [0.05, 0.1) is 6.04 Å². The average Bonchev–Trinajstić information content (AvgIpc) is 3.33. The molecule has 1 amide bonds. The van der Waals surface area contributed by atoms with Crippen molar-refractivity contribution in [1.29, 1.82) is 0 Å². The van der Waals surface area contributed by atoms with E-state index in [4.69, 9.17) is 9.47 Å². The molecule has 1 aromatic carbocycles. The average molecular weight is 359 g/mol. The van der Waals surface area contributed by atoms with Crippen LogP contribution in [0, 0.1) is 5.92 Å². The fraction of sp³-hybridized carbons (Fsp3) is 0.500. The van der Waals surface area contributed by atoms with E-state index < -0.39 is 0 Å². The Morgan fingerprint density at radius 1 is 1.20 bits per heavy atom. The third kappa shape index (κ3) is 3.46. The van der Waals surface area contributed by atoms with Crippen LogP contribution >= 0.6 is 11.3 Å². The molecule has 0 bridgehead atoms. The molecule has 2 aromatic rings. The lowest BCUT2D eigenvalue weighted by Gasteiger charge is -2.22. The molecule has 1 N–H and O–H groups in total. The van der Waals surface area contributed by atoms with Gasteiger partial charge in [0, 0.05) is 5.92 Å². The van der Waals surface area contributed by atoms with E-state index in [1.54, 1.807) is 0 Å². The molecule has 2 heterocycles. The topological polar surface area (TPSA) is 73.3 Å². The van der Waals surface area contributed by atoms with Crippen LogP contribution in [0.25, 0.3) is 0 Å². The quantitative estimate of drug-likeness (QED) is 0.886. The first-order valence-electron chi connectivity index (χ1n) is 8.65. The maximum Gasteiger partial charge on any atom is 0.282 e. The Hall–Kier alpha value is -2.15. The fourth-order valence-electron chi connectivity index (χ4n) is 2.92. The predicted octanol–water partition coefficient (Wildman–Crippen LogP) is 3.31. The van der Waals surface area contributed by atoms with Gasteiger partial charge in [-0.15, -0.1) is 10.2 Å². The van der Waals surface area contributed by atoms with E-state index in [9.17, 15) is 4.79 Å². The van der Waals surface area contributed by atoms with E-state index in [0.717, 1.165) is 34.9 Å². The van der Waals surface area contributed by atoms with Crippen molar-refractivity contribution in [2.75, 3.05) is 13.2 Å². The molecule has 1 aliphatic carbocycles. The molecule has 1 saturated carbocycles. The van der Waals surface area contributed by atoms with Gasteiger partial charge in [-0.05, 0) is 36.5 Å². The molecule has 1 aromatic heterocycles. The van der Waals surface area contributed by atoms with E-state index in [1.165, 1.54) is 11.3 Å². The number of ether oxygens (including phenoxy) is 2. The summed E-state index contributed by atoms with van der Waals surface area (Å²) in [5.41, 5.74) is 1.05. The van der Waals surface area contributed by atoms with E-state index in [-0.39, 0.29) is 17.9 Å². The number of amides is 1. The van der Waals surface area contributed by atoms with Crippen molar-refractivity contribution in [2.45, 2.75) is 38.6 Å². The van der Waals surface area contributed by atoms with Crippen LogP contribution in [0.3, 0.4) is 0 Å². The number of fused-ring (bicyclic) bond motifs is 1. The maximum atomic E-state index is 12.6. The zero-order valence-electron chi connectivity index (χ0n) is 14.3. The zero-order valence-corrected chi connectivity index (χ0v) is 15.1. The second-order valence-electron chi connectivity index (χ2n) is 6.79. The number of hydrogen-bond acceptors (Lipinski definition) is 6. The van der Waals surface area contributed by atoms with Crippen molar-refractivity contribution in [3.8, 4) is 11.5 Å². The van der Waals surface area contributed by atoms with Crippen LogP contribution in [-0.4, -0.2) is 29.3 Å². The lowest BCUT2D eigenvalue weighted by atomic mass is 10.0. The lowest BCUT2D eigenvalue weighted by Crippen LogP contribution is -2.30. The van der Waals surface area contributed by atoms with E-state index >= 15 is 0 Å². The first kappa shape index (κ1) is 16.3. The van der Waals surface area contributed by atoms with Crippen molar-refractivity contribution in [2.24, 2.45) is 5.92 Å². The van der Waals surface area contributed by atoms with Gasteiger partial charge in [0.25, 0.3) is 5.91 Å². The molecule has 1 fully saturated rings. The second-order valence-corrected chi connectivity index (χ2v) is 7.80. The fourth-order valence-corrected chi connectivity index (χ4v) is 3.67. The number of nitrogens with one attached hydrogen (secondary N) is 1. The van der Waals surface area contributed by atoms with Crippen LogP contribution in [0.5, 0.6) is 11.5 Å². The summed E-state index contributed by atoms with van der Waals surface area (Å²) in [5.74, 6) is 2.10. The number of carbonyl (C=O) groups is 1. The molecule has 25 heavy (non-hydrogen) atoms. The highest BCUT2D eigenvalue weighted by molar-refractivity contribution is 7.13. The Morgan fingerprint density at radius 2 is 1.96 bits per heavy atom. The summed E-state index contributed by atoms with van der Waals surface area (Å²) < 4.78 is 11.3. The van der Waals surface area contributed by atoms with Crippen LogP contribution < -0.4 is 14.8 Å². The van der Waals surface area contributed by atoms with Gasteiger partial charge in [0.15, 0.2) is 11.5 Å². The standard InChI is InChI=1S/C18H21N3O3S/c1-10(2)17-20-21-18(25-17)16(22)19-15(11-3-4-11)12-5-6-13-14(9-12)24-8-7-23-13/h5-6,9-11,15H,3-4,7-8H2,1-2H3,(H,19,22). The van der Waals surface area contributed by atoms with Gasteiger partial charge in [-0.2, -0.15) is 0 Å². The van der Waals surface area contributed by atoms with Gasteiger partial charge in [0.1, 0.15) is 18.2 Å². The highest BCUT2D eigenvalue weighted by atomic mass is 32.1. The van der Waals surface area contributed by atoms with E-state index in [1.807, 2.05) is 32.0 Å². The van der Waals surface area contributed by atoms with Gasteiger partial charge in [-0.25, -0.2) is 0 Å². The van der Waals surface area contributed by atoms with Crippen LogP contribution in [0.15, 0.2) is 18.2 Å². The molecule has 0 radical (unpaired) electrons. The molecule has 1 atom stereocenters. The minimum absolute atomic E-state index is 0.0327. The first-order chi connectivity index (χ1) is 12.1. The summed E-state index contributed by atoms with van der Waals surface area (Å²) in [7, 11) is 0. The Bertz CT molecular complexity index is 786. The van der Waals surface area contributed by atoms with Crippen molar-refractivity contribution in [1.82, 2.24) is 15.5 Å². The molecular weight excluding hydrogens is 338 g/mol. The number of nitrogens with zero attached hydrogens (tertiary/aromatic N) is 2. The molecule has 4 rings (SSSR count). The highest BCUT2D eigenvalue weighted by Crippen LogP contribution is 2.43. The summed E-state index contributed by atoms with van der Waals surface area (Å²) in [6.45, 7) is 5.22.